The number of phenols is 2. The third kappa shape index (κ3) is 2.09. The fraction of sp³-hybridized carbons (Fsp3) is 0.333. The van der Waals surface area contributed by atoms with Crippen LogP contribution in [0.2, 0.25) is 5.02 Å². The monoisotopic (exact) mass is 217 g/mol. The average molecular weight is 218 g/mol. The molecule has 1 aromatic carbocycles. The fourth-order valence-electron chi connectivity index (χ4n) is 1.14. The van der Waals surface area contributed by atoms with Gasteiger partial charge in [0.25, 0.3) is 0 Å². The Kier molecular flexibility index (Phi) is 3.57. The van der Waals surface area contributed by atoms with Crippen molar-refractivity contribution < 1.29 is 15.3 Å². The molecule has 1 unspecified atom stereocenters. The SMILES string of the molecule is CNCC(O)c1ccc(Cl)c(O)c1O. The van der Waals surface area contributed by atoms with E-state index < -0.39 is 11.9 Å². The van der Waals surface area contributed by atoms with E-state index in [0.29, 0.717) is 0 Å². The van der Waals surface area contributed by atoms with E-state index in [2.05, 4.69) is 5.32 Å². The van der Waals surface area contributed by atoms with Gasteiger partial charge in [0.2, 0.25) is 0 Å². The Morgan fingerprint density at radius 3 is 2.57 bits per heavy atom. The van der Waals surface area contributed by atoms with Gasteiger partial charge in [-0.3, -0.25) is 0 Å². The van der Waals surface area contributed by atoms with Gasteiger partial charge in [0.1, 0.15) is 0 Å². The molecule has 0 heterocycles. The smallest absolute Gasteiger partial charge is 0.176 e. The van der Waals surface area contributed by atoms with Crippen LogP contribution in [0.4, 0.5) is 0 Å². The summed E-state index contributed by atoms with van der Waals surface area (Å²) in [4.78, 5) is 0. The second-order valence-electron chi connectivity index (χ2n) is 2.91. The zero-order chi connectivity index (χ0) is 10.7. The zero-order valence-corrected chi connectivity index (χ0v) is 8.41. The molecule has 0 aliphatic carbocycles. The summed E-state index contributed by atoms with van der Waals surface area (Å²) < 4.78 is 0. The molecule has 4 nitrogen and oxygen atoms in total. The van der Waals surface area contributed by atoms with Gasteiger partial charge in [0.05, 0.1) is 11.1 Å². The van der Waals surface area contributed by atoms with Crippen LogP contribution in [0.3, 0.4) is 0 Å². The molecule has 0 saturated carbocycles. The van der Waals surface area contributed by atoms with E-state index in [-0.39, 0.29) is 22.9 Å². The van der Waals surface area contributed by atoms with E-state index in [1.54, 1.807) is 7.05 Å². The number of benzene rings is 1. The van der Waals surface area contributed by atoms with Crippen LogP contribution < -0.4 is 5.32 Å². The Morgan fingerprint density at radius 2 is 2.00 bits per heavy atom. The Morgan fingerprint density at radius 1 is 1.36 bits per heavy atom. The minimum Gasteiger partial charge on any atom is -0.504 e. The molecule has 0 saturated heterocycles. The van der Waals surface area contributed by atoms with Crippen molar-refractivity contribution in [2.45, 2.75) is 6.10 Å². The number of rotatable bonds is 3. The van der Waals surface area contributed by atoms with Gasteiger partial charge in [-0.1, -0.05) is 17.7 Å². The topological polar surface area (TPSA) is 72.7 Å². The van der Waals surface area contributed by atoms with Crippen LogP contribution in [0.15, 0.2) is 12.1 Å². The van der Waals surface area contributed by atoms with E-state index in [0.717, 1.165) is 0 Å². The molecular formula is C9H12ClNO3. The molecule has 1 atom stereocenters. The van der Waals surface area contributed by atoms with Crippen molar-refractivity contribution in [3.8, 4) is 11.5 Å². The highest BCUT2D eigenvalue weighted by Gasteiger charge is 2.16. The molecule has 4 N–H and O–H groups in total. The molecule has 0 aliphatic heterocycles. The maximum Gasteiger partial charge on any atom is 0.176 e. The molecule has 5 heteroatoms. The number of nitrogens with one attached hydrogen (secondary N) is 1. The lowest BCUT2D eigenvalue weighted by atomic mass is 10.1. The lowest BCUT2D eigenvalue weighted by Gasteiger charge is -2.13. The Labute approximate surface area is 86.8 Å². The van der Waals surface area contributed by atoms with Crippen LogP contribution in [0.25, 0.3) is 0 Å². The van der Waals surface area contributed by atoms with Gasteiger partial charge in [-0.25, -0.2) is 0 Å². The maximum atomic E-state index is 9.54. The summed E-state index contributed by atoms with van der Waals surface area (Å²) >= 11 is 5.56. The minimum absolute atomic E-state index is 0.0582. The van der Waals surface area contributed by atoms with Gasteiger partial charge in [-0.15, -0.1) is 0 Å². The molecule has 78 valence electrons. The third-order valence-electron chi connectivity index (χ3n) is 1.89. The average Bonchev–Trinajstić information content (AvgIpc) is 2.15. The van der Waals surface area contributed by atoms with Crippen molar-refractivity contribution in [1.29, 1.82) is 0 Å². The highest BCUT2D eigenvalue weighted by Crippen LogP contribution is 2.38. The van der Waals surface area contributed by atoms with Gasteiger partial charge in [0.15, 0.2) is 11.5 Å². The molecule has 0 aliphatic rings. The van der Waals surface area contributed by atoms with Crippen LogP contribution in [0, 0.1) is 0 Å². The maximum absolute atomic E-state index is 9.54. The number of aliphatic hydroxyl groups is 1. The lowest BCUT2D eigenvalue weighted by molar-refractivity contribution is 0.173. The highest BCUT2D eigenvalue weighted by atomic mass is 35.5. The van der Waals surface area contributed by atoms with Crippen molar-refractivity contribution in [1.82, 2.24) is 5.32 Å². The third-order valence-corrected chi connectivity index (χ3v) is 2.19. The quantitative estimate of drug-likeness (QED) is 0.570. The van der Waals surface area contributed by atoms with Crippen molar-refractivity contribution >= 4 is 11.6 Å². The predicted octanol–water partition coefficient (Wildman–Crippen LogP) is 1.00. The van der Waals surface area contributed by atoms with Gasteiger partial charge in [-0.05, 0) is 13.1 Å². The van der Waals surface area contributed by atoms with E-state index in [1.807, 2.05) is 0 Å². The minimum atomic E-state index is -0.872. The molecule has 0 bridgehead atoms. The van der Waals surface area contributed by atoms with Crippen molar-refractivity contribution in [3.05, 3.63) is 22.7 Å². The number of aromatic hydroxyl groups is 2. The number of hydrogen-bond donors (Lipinski definition) is 4. The number of hydrogen-bond acceptors (Lipinski definition) is 4. The van der Waals surface area contributed by atoms with Crippen LogP contribution >= 0.6 is 11.6 Å². The second kappa shape index (κ2) is 4.50. The lowest BCUT2D eigenvalue weighted by Crippen LogP contribution is -2.16. The first-order valence-corrected chi connectivity index (χ1v) is 4.48. The summed E-state index contributed by atoms with van der Waals surface area (Å²) in [6.45, 7) is 0.286. The van der Waals surface area contributed by atoms with Gasteiger partial charge in [0, 0.05) is 12.1 Å². The molecule has 14 heavy (non-hydrogen) atoms. The molecule has 0 radical (unpaired) electrons. The molecule has 0 amide bonds. The number of phenolic OH excluding ortho intramolecular Hbond substituents is 2. The normalized spacial score (nSPS) is 12.8. The number of halogens is 1. The summed E-state index contributed by atoms with van der Waals surface area (Å²) in [6.07, 6.45) is -0.872. The Hall–Kier alpha value is -0.970. The van der Waals surface area contributed by atoms with Crippen LogP contribution in [-0.2, 0) is 0 Å². The molecule has 1 rings (SSSR count). The van der Waals surface area contributed by atoms with E-state index in [4.69, 9.17) is 11.6 Å². The van der Waals surface area contributed by atoms with Gasteiger partial charge < -0.3 is 20.6 Å². The summed E-state index contributed by atoms with van der Waals surface area (Å²) in [5, 5.41) is 31.1. The Balaban J connectivity index is 3.04. The molecular weight excluding hydrogens is 206 g/mol. The zero-order valence-electron chi connectivity index (χ0n) is 7.66. The first-order valence-electron chi connectivity index (χ1n) is 4.11. The van der Waals surface area contributed by atoms with E-state index >= 15 is 0 Å². The van der Waals surface area contributed by atoms with Crippen LogP contribution in [0.5, 0.6) is 11.5 Å². The second-order valence-corrected chi connectivity index (χ2v) is 3.31. The molecule has 0 fully saturated rings. The summed E-state index contributed by atoms with van der Waals surface area (Å²) in [5.41, 5.74) is 0.251. The fourth-order valence-corrected chi connectivity index (χ4v) is 1.30. The van der Waals surface area contributed by atoms with Crippen molar-refractivity contribution in [2.75, 3.05) is 13.6 Å². The summed E-state index contributed by atoms with van der Waals surface area (Å²) in [5.74, 6) is -0.778. The first kappa shape index (κ1) is 11.1. The predicted molar refractivity (Wildman–Crippen MR) is 53.7 cm³/mol. The van der Waals surface area contributed by atoms with Crippen molar-refractivity contribution in [3.63, 3.8) is 0 Å². The highest BCUT2D eigenvalue weighted by molar-refractivity contribution is 6.32. The standard InChI is InChI=1S/C9H12ClNO3/c1-11-4-7(12)5-2-3-6(10)9(14)8(5)13/h2-3,7,11-14H,4H2,1H3. The molecule has 0 spiro atoms. The number of likely N-dealkylation sites (N-methyl/N-ethyl adjacent to an activating group) is 1. The molecule has 0 aromatic heterocycles. The van der Waals surface area contributed by atoms with E-state index in [1.165, 1.54) is 12.1 Å². The number of aliphatic hydroxyl groups excluding tert-OH is 1. The molecule has 1 aromatic rings. The largest absolute Gasteiger partial charge is 0.504 e. The Bertz CT molecular complexity index is 330. The van der Waals surface area contributed by atoms with Crippen molar-refractivity contribution in [2.24, 2.45) is 0 Å². The summed E-state index contributed by atoms with van der Waals surface area (Å²) in [7, 11) is 1.68. The van der Waals surface area contributed by atoms with Gasteiger partial charge in [-0.2, -0.15) is 0 Å². The first-order chi connectivity index (χ1) is 6.57. The van der Waals surface area contributed by atoms with Crippen LogP contribution in [-0.4, -0.2) is 28.9 Å². The van der Waals surface area contributed by atoms with E-state index in [9.17, 15) is 15.3 Å². The van der Waals surface area contributed by atoms with Crippen LogP contribution in [0.1, 0.15) is 11.7 Å². The van der Waals surface area contributed by atoms with Gasteiger partial charge >= 0.3 is 0 Å². The summed E-state index contributed by atoms with van der Waals surface area (Å²) in [6, 6.07) is 2.89.